The van der Waals surface area contributed by atoms with Crippen LogP contribution in [0.4, 0.5) is 0 Å². The summed E-state index contributed by atoms with van der Waals surface area (Å²) in [6.07, 6.45) is 1.72. The average Bonchev–Trinajstić information content (AvgIpc) is 2.75. The Morgan fingerprint density at radius 3 is 2.03 bits per heavy atom. The molecule has 2 aliphatic heterocycles. The van der Waals surface area contributed by atoms with Gasteiger partial charge in [-0.15, -0.1) is 0 Å². The minimum atomic E-state index is -0.618. The first-order chi connectivity index (χ1) is 15.3. The first-order valence-electron chi connectivity index (χ1n) is 11.5. The number of aliphatic hydroxyl groups excluding tert-OH is 1. The summed E-state index contributed by atoms with van der Waals surface area (Å²) < 4.78 is 23.7. The van der Waals surface area contributed by atoms with E-state index in [-0.39, 0.29) is 12.5 Å². The van der Waals surface area contributed by atoms with Crippen LogP contribution in [0.15, 0.2) is 36.4 Å². The van der Waals surface area contributed by atoms with Crippen LogP contribution >= 0.6 is 0 Å². The summed E-state index contributed by atoms with van der Waals surface area (Å²) in [4.78, 5) is 0. The fraction of sp³-hybridized carbons (Fsp3) is 0.538. The Hall–Kier alpha value is -2.12. The molecular formula is C26H35NO5. The van der Waals surface area contributed by atoms with Crippen molar-refractivity contribution >= 4 is 0 Å². The Labute approximate surface area is 190 Å². The van der Waals surface area contributed by atoms with Gasteiger partial charge < -0.3 is 29.4 Å². The molecule has 6 heteroatoms. The standard InChI is InChI=1S/C26H35NO5/c1-25(2)29-16-21-9-5-7-19(23(21)31-25)12-11-18(15-28)13-27-14-20-8-6-10-22-17-30-26(3,4)32-24(20)22/h5-10,18,27-28H,11-17H2,1-4H3. The molecule has 2 aromatic rings. The van der Waals surface area contributed by atoms with Gasteiger partial charge in [0.1, 0.15) is 11.5 Å². The van der Waals surface area contributed by atoms with Crippen LogP contribution in [0.3, 0.4) is 0 Å². The number of rotatable bonds is 8. The molecule has 1 unspecified atom stereocenters. The van der Waals surface area contributed by atoms with Gasteiger partial charge in [0, 0.05) is 64.1 Å². The molecule has 174 valence electrons. The van der Waals surface area contributed by atoms with E-state index in [1.165, 1.54) is 5.56 Å². The highest BCUT2D eigenvalue weighted by Gasteiger charge is 2.30. The number of ether oxygens (including phenoxy) is 4. The summed E-state index contributed by atoms with van der Waals surface area (Å²) in [5.41, 5.74) is 4.44. The Morgan fingerprint density at radius 2 is 1.44 bits per heavy atom. The number of aliphatic hydroxyl groups is 1. The number of fused-ring (bicyclic) bond motifs is 2. The van der Waals surface area contributed by atoms with Crippen molar-refractivity contribution in [2.75, 3.05) is 13.2 Å². The first-order valence-corrected chi connectivity index (χ1v) is 11.5. The Morgan fingerprint density at radius 1 is 0.875 bits per heavy atom. The highest BCUT2D eigenvalue weighted by Crippen LogP contribution is 2.36. The van der Waals surface area contributed by atoms with E-state index < -0.39 is 11.6 Å². The molecule has 0 radical (unpaired) electrons. The van der Waals surface area contributed by atoms with Crippen molar-refractivity contribution in [1.29, 1.82) is 0 Å². The second kappa shape index (κ2) is 9.40. The third-order valence-corrected chi connectivity index (χ3v) is 6.03. The fourth-order valence-electron chi connectivity index (χ4n) is 4.18. The van der Waals surface area contributed by atoms with Gasteiger partial charge in [-0.2, -0.15) is 0 Å². The zero-order valence-corrected chi connectivity index (χ0v) is 19.6. The summed E-state index contributed by atoms with van der Waals surface area (Å²) in [7, 11) is 0. The monoisotopic (exact) mass is 441 g/mol. The minimum absolute atomic E-state index is 0.141. The SMILES string of the molecule is CC1(C)OCc2cccc(CCC(CO)CNCc3cccc4c3OC(C)(C)OC4)c2O1. The van der Waals surface area contributed by atoms with E-state index in [2.05, 4.69) is 23.5 Å². The van der Waals surface area contributed by atoms with Crippen LogP contribution in [-0.4, -0.2) is 29.8 Å². The second-order valence-electron chi connectivity index (χ2n) is 9.61. The molecule has 0 bridgehead atoms. The van der Waals surface area contributed by atoms with Crippen LogP contribution in [0, 0.1) is 5.92 Å². The van der Waals surface area contributed by atoms with Crippen LogP contribution in [0.25, 0.3) is 0 Å². The van der Waals surface area contributed by atoms with E-state index in [0.717, 1.165) is 47.6 Å². The van der Waals surface area contributed by atoms with E-state index in [9.17, 15) is 5.11 Å². The summed E-state index contributed by atoms with van der Waals surface area (Å²) in [6, 6.07) is 12.4. The third kappa shape index (κ3) is 5.44. The molecular weight excluding hydrogens is 406 g/mol. The molecule has 2 heterocycles. The summed E-state index contributed by atoms with van der Waals surface area (Å²) >= 11 is 0. The van der Waals surface area contributed by atoms with Crippen molar-refractivity contribution in [2.45, 2.75) is 71.9 Å². The smallest absolute Gasteiger partial charge is 0.205 e. The lowest BCUT2D eigenvalue weighted by atomic mass is 9.97. The number of nitrogens with one attached hydrogen (secondary N) is 1. The highest BCUT2D eigenvalue weighted by molar-refractivity contribution is 5.43. The van der Waals surface area contributed by atoms with Crippen molar-refractivity contribution in [2.24, 2.45) is 5.92 Å². The average molecular weight is 442 g/mol. The predicted molar refractivity (Wildman–Crippen MR) is 122 cm³/mol. The third-order valence-electron chi connectivity index (χ3n) is 6.03. The molecule has 0 aliphatic carbocycles. The van der Waals surface area contributed by atoms with E-state index in [4.69, 9.17) is 18.9 Å². The Kier molecular flexibility index (Phi) is 6.77. The molecule has 6 nitrogen and oxygen atoms in total. The Balaban J connectivity index is 1.34. The molecule has 1 atom stereocenters. The molecule has 0 saturated carbocycles. The van der Waals surface area contributed by atoms with Gasteiger partial charge in [0.15, 0.2) is 0 Å². The molecule has 4 rings (SSSR count). The maximum Gasteiger partial charge on any atom is 0.205 e. The quantitative estimate of drug-likeness (QED) is 0.636. The molecule has 0 saturated heterocycles. The lowest BCUT2D eigenvalue weighted by Gasteiger charge is -2.34. The molecule has 0 spiro atoms. The molecule has 0 aromatic heterocycles. The number of hydrogen-bond acceptors (Lipinski definition) is 6. The lowest BCUT2D eigenvalue weighted by Crippen LogP contribution is -2.36. The van der Waals surface area contributed by atoms with Gasteiger partial charge in [-0.25, -0.2) is 0 Å². The van der Waals surface area contributed by atoms with Crippen LogP contribution in [0.1, 0.15) is 56.4 Å². The van der Waals surface area contributed by atoms with Gasteiger partial charge in [-0.3, -0.25) is 0 Å². The normalized spacial score (nSPS) is 19.3. The Bertz CT molecular complexity index is 940. The van der Waals surface area contributed by atoms with Crippen LogP contribution < -0.4 is 14.8 Å². The van der Waals surface area contributed by atoms with Gasteiger partial charge in [0.2, 0.25) is 11.6 Å². The molecule has 2 aromatic carbocycles. The molecule has 2 N–H and O–H groups in total. The number of benzene rings is 2. The van der Waals surface area contributed by atoms with Crippen molar-refractivity contribution in [1.82, 2.24) is 5.32 Å². The zero-order chi connectivity index (χ0) is 22.8. The van der Waals surface area contributed by atoms with E-state index in [1.807, 2.05) is 45.9 Å². The van der Waals surface area contributed by atoms with Gasteiger partial charge >= 0.3 is 0 Å². The molecule has 0 amide bonds. The fourth-order valence-corrected chi connectivity index (χ4v) is 4.18. The highest BCUT2D eigenvalue weighted by atomic mass is 16.7. The zero-order valence-electron chi connectivity index (χ0n) is 19.6. The van der Waals surface area contributed by atoms with Crippen LogP contribution in [-0.2, 0) is 35.7 Å². The summed E-state index contributed by atoms with van der Waals surface area (Å²) in [5.74, 6) is 0.769. The van der Waals surface area contributed by atoms with E-state index in [0.29, 0.717) is 19.8 Å². The predicted octanol–water partition coefficient (Wildman–Crippen LogP) is 4.31. The number of para-hydroxylation sites is 2. The van der Waals surface area contributed by atoms with Crippen LogP contribution in [0.5, 0.6) is 11.5 Å². The second-order valence-corrected chi connectivity index (χ2v) is 9.61. The molecule has 2 aliphatic rings. The van der Waals surface area contributed by atoms with E-state index >= 15 is 0 Å². The maximum atomic E-state index is 9.95. The van der Waals surface area contributed by atoms with E-state index in [1.54, 1.807) is 0 Å². The van der Waals surface area contributed by atoms with Crippen LogP contribution in [0.2, 0.25) is 0 Å². The molecule has 32 heavy (non-hydrogen) atoms. The van der Waals surface area contributed by atoms with Gasteiger partial charge in [0.05, 0.1) is 13.2 Å². The maximum absolute atomic E-state index is 9.95. The van der Waals surface area contributed by atoms with Crippen molar-refractivity contribution in [3.8, 4) is 11.5 Å². The first kappa shape index (κ1) is 23.1. The van der Waals surface area contributed by atoms with Crippen molar-refractivity contribution < 1.29 is 24.1 Å². The van der Waals surface area contributed by atoms with Gasteiger partial charge in [0.25, 0.3) is 0 Å². The van der Waals surface area contributed by atoms with Gasteiger partial charge in [-0.1, -0.05) is 36.4 Å². The minimum Gasteiger partial charge on any atom is -0.462 e. The number of aryl methyl sites for hydroxylation is 1. The summed E-state index contributed by atoms with van der Waals surface area (Å²) in [6.45, 7) is 10.4. The summed E-state index contributed by atoms with van der Waals surface area (Å²) in [5, 5.41) is 13.5. The van der Waals surface area contributed by atoms with Crippen molar-refractivity contribution in [3.63, 3.8) is 0 Å². The topological polar surface area (TPSA) is 69.2 Å². The lowest BCUT2D eigenvalue weighted by molar-refractivity contribution is -0.180. The molecule has 0 fully saturated rings. The van der Waals surface area contributed by atoms with Crippen molar-refractivity contribution in [3.05, 3.63) is 58.7 Å². The largest absolute Gasteiger partial charge is 0.462 e. The van der Waals surface area contributed by atoms with Gasteiger partial charge in [-0.05, 0) is 24.3 Å². The number of hydrogen-bond donors (Lipinski definition) is 2.